The molecule has 1 aromatic carbocycles. The highest BCUT2D eigenvalue weighted by molar-refractivity contribution is 5.92. The zero-order valence-electron chi connectivity index (χ0n) is 19.1. The molecule has 2 aliphatic rings. The van der Waals surface area contributed by atoms with Gasteiger partial charge in [-0.05, 0) is 57.0 Å². The quantitative estimate of drug-likeness (QED) is 0.637. The number of rotatable bonds is 6. The fraction of sp³-hybridized carbons (Fsp3) is 0.520. The van der Waals surface area contributed by atoms with Gasteiger partial charge in [-0.3, -0.25) is 4.79 Å². The van der Waals surface area contributed by atoms with Crippen LogP contribution >= 0.6 is 0 Å². The van der Waals surface area contributed by atoms with Crippen LogP contribution in [0.5, 0.6) is 5.75 Å². The molecule has 1 aliphatic carbocycles. The van der Waals surface area contributed by atoms with Crippen molar-refractivity contribution >= 4 is 11.7 Å². The Morgan fingerprint density at radius 2 is 1.97 bits per heavy atom. The molecule has 7 heteroatoms. The zero-order chi connectivity index (χ0) is 23.0. The second-order valence-electron chi connectivity index (χ2n) is 9.66. The first-order valence-corrected chi connectivity index (χ1v) is 11.5. The molecule has 1 aliphatic heterocycles. The molecule has 2 heterocycles. The molecule has 2 fully saturated rings. The molecule has 2 atom stereocenters. The first kappa shape index (κ1) is 22.4. The van der Waals surface area contributed by atoms with E-state index in [1.807, 2.05) is 19.1 Å². The van der Waals surface area contributed by atoms with E-state index in [2.05, 4.69) is 41.0 Å². The fourth-order valence-corrected chi connectivity index (χ4v) is 5.92. The summed E-state index contributed by atoms with van der Waals surface area (Å²) in [6.45, 7) is 5.06. The number of benzene rings is 1. The molecule has 1 aromatic heterocycles. The largest absolute Gasteiger partial charge is 0.506 e. The van der Waals surface area contributed by atoms with Crippen molar-refractivity contribution in [1.29, 1.82) is 0 Å². The van der Waals surface area contributed by atoms with E-state index >= 15 is 0 Å². The molecule has 0 spiro atoms. The average Bonchev–Trinajstić information content (AvgIpc) is 3.11. The minimum atomic E-state index is -1.43. The number of fused-ring (bicyclic) bond motifs is 1. The SMILES string of the molecule is CCc1c(-c2ccc(N3C[C@H]4CCCC[C@]4(CN(C)C)C3)cc2)[nH]c(=O)c(C(=O)O)c1O. The monoisotopic (exact) mass is 439 g/mol. The number of aromatic amines is 1. The first-order valence-electron chi connectivity index (χ1n) is 11.5. The highest BCUT2D eigenvalue weighted by Gasteiger charge is 2.47. The number of hydrogen-bond donors (Lipinski definition) is 3. The summed E-state index contributed by atoms with van der Waals surface area (Å²) in [5.74, 6) is -1.17. The van der Waals surface area contributed by atoms with E-state index in [0.29, 0.717) is 29.0 Å². The number of aromatic carboxylic acids is 1. The fourth-order valence-electron chi connectivity index (χ4n) is 5.92. The summed E-state index contributed by atoms with van der Waals surface area (Å²) < 4.78 is 0. The molecule has 3 N–H and O–H groups in total. The van der Waals surface area contributed by atoms with E-state index < -0.39 is 22.8 Å². The van der Waals surface area contributed by atoms with Crippen LogP contribution in [0.15, 0.2) is 29.1 Å². The Bertz CT molecular complexity index is 1060. The van der Waals surface area contributed by atoms with Crippen LogP contribution in [0, 0.1) is 11.3 Å². The Hall–Kier alpha value is -2.80. The van der Waals surface area contributed by atoms with Crippen molar-refractivity contribution in [3.8, 4) is 17.0 Å². The van der Waals surface area contributed by atoms with Gasteiger partial charge in [0, 0.05) is 36.3 Å². The molecular weight excluding hydrogens is 406 g/mol. The van der Waals surface area contributed by atoms with Crippen molar-refractivity contribution in [2.75, 3.05) is 38.6 Å². The Morgan fingerprint density at radius 3 is 2.59 bits per heavy atom. The number of nitrogens with zero attached hydrogens (tertiary/aromatic N) is 2. The second-order valence-corrected chi connectivity index (χ2v) is 9.66. The Labute approximate surface area is 188 Å². The molecule has 172 valence electrons. The summed E-state index contributed by atoms with van der Waals surface area (Å²) >= 11 is 0. The van der Waals surface area contributed by atoms with Crippen molar-refractivity contribution in [2.24, 2.45) is 11.3 Å². The number of aromatic hydroxyl groups is 1. The predicted molar refractivity (Wildman–Crippen MR) is 126 cm³/mol. The predicted octanol–water partition coefficient (Wildman–Crippen LogP) is 3.57. The van der Waals surface area contributed by atoms with E-state index in [1.54, 1.807) is 0 Å². The molecule has 2 aromatic rings. The van der Waals surface area contributed by atoms with Gasteiger partial charge in [0.2, 0.25) is 0 Å². The third-order valence-electron chi connectivity index (χ3n) is 7.30. The number of carboxylic acids is 1. The lowest BCUT2D eigenvalue weighted by Gasteiger charge is -2.40. The van der Waals surface area contributed by atoms with Crippen LogP contribution in [-0.2, 0) is 6.42 Å². The van der Waals surface area contributed by atoms with E-state index in [0.717, 1.165) is 30.9 Å². The van der Waals surface area contributed by atoms with E-state index in [-0.39, 0.29) is 0 Å². The molecule has 1 saturated carbocycles. The van der Waals surface area contributed by atoms with Crippen molar-refractivity contribution in [3.63, 3.8) is 0 Å². The van der Waals surface area contributed by atoms with Gasteiger partial charge in [-0.15, -0.1) is 0 Å². The Morgan fingerprint density at radius 1 is 1.25 bits per heavy atom. The average molecular weight is 440 g/mol. The summed E-state index contributed by atoms with van der Waals surface area (Å²) in [6.07, 6.45) is 5.59. The van der Waals surface area contributed by atoms with Crippen molar-refractivity contribution in [3.05, 3.63) is 45.7 Å². The number of hydrogen-bond acceptors (Lipinski definition) is 5. The molecule has 0 radical (unpaired) electrons. The first-order chi connectivity index (χ1) is 15.3. The molecule has 0 unspecified atom stereocenters. The number of aromatic nitrogens is 1. The molecule has 1 saturated heterocycles. The Kier molecular flexibility index (Phi) is 6.03. The van der Waals surface area contributed by atoms with Gasteiger partial charge in [0.05, 0.1) is 5.69 Å². The van der Waals surface area contributed by atoms with Crippen LogP contribution in [0.3, 0.4) is 0 Å². The molecule has 32 heavy (non-hydrogen) atoms. The van der Waals surface area contributed by atoms with Crippen LogP contribution < -0.4 is 10.5 Å². The topological polar surface area (TPSA) is 96.9 Å². The van der Waals surface area contributed by atoms with Gasteiger partial charge in [-0.25, -0.2) is 4.79 Å². The summed E-state index contributed by atoms with van der Waals surface area (Å²) in [5.41, 5.74) is 1.79. The van der Waals surface area contributed by atoms with Crippen molar-refractivity contribution in [1.82, 2.24) is 9.88 Å². The maximum absolute atomic E-state index is 12.3. The molecule has 0 bridgehead atoms. The maximum Gasteiger partial charge on any atom is 0.345 e. The minimum absolute atomic E-state index is 0.347. The van der Waals surface area contributed by atoms with Crippen molar-refractivity contribution in [2.45, 2.75) is 39.0 Å². The lowest BCUT2D eigenvalue weighted by atomic mass is 9.68. The number of nitrogens with one attached hydrogen (secondary N) is 1. The number of carboxylic acid groups (broad SMARTS) is 1. The minimum Gasteiger partial charge on any atom is -0.506 e. The highest BCUT2D eigenvalue weighted by atomic mass is 16.4. The van der Waals surface area contributed by atoms with Crippen LogP contribution in [0.2, 0.25) is 0 Å². The van der Waals surface area contributed by atoms with Gasteiger partial charge in [0.1, 0.15) is 5.75 Å². The van der Waals surface area contributed by atoms with Gasteiger partial charge in [-0.2, -0.15) is 0 Å². The van der Waals surface area contributed by atoms with Crippen molar-refractivity contribution < 1.29 is 15.0 Å². The van der Waals surface area contributed by atoms with Gasteiger partial charge < -0.3 is 25.0 Å². The number of pyridine rings is 1. The highest BCUT2D eigenvalue weighted by Crippen LogP contribution is 2.48. The third kappa shape index (κ3) is 3.90. The zero-order valence-corrected chi connectivity index (χ0v) is 19.1. The van der Waals surface area contributed by atoms with Crippen LogP contribution in [0.1, 0.15) is 48.5 Å². The summed E-state index contributed by atoms with van der Waals surface area (Å²) in [6, 6.07) is 8.02. The van der Waals surface area contributed by atoms with Gasteiger partial charge >= 0.3 is 5.97 Å². The number of anilines is 1. The summed E-state index contributed by atoms with van der Waals surface area (Å²) in [7, 11) is 4.32. The third-order valence-corrected chi connectivity index (χ3v) is 7.30. The molecular formula is C25H33N3O4. The Balaban J connectivity index is 1.63. The number of H-pyrrole nitrogens is 1. The van der Waals surface area contributed by atoms with Gasteiger partial charge in [0.25, 0.3) is 5.56 Å². The van der Waals surface area contributed by atoms with E-state index in [1.165, 1.54) is 25.7 Å². The molecule has 4 rings (SSSR count). The maximum atomic E-state index is 12.3. The van der Waals surface area contributed by atoms with Gasteiger partial charge in [0.15, 0.2) is 5.56 Å². The van der Waals surface area contributed by atoms with Crippen LogP contribution in [-0.4, -0.2) is 59.8 Å². The van der Waals surface area contributed by atoms with E-state index in [4.69, 9.17) is 0 Å². The normalized spacial score (nSPS) is 22.9. The standard InChI is InChI=1S/C25H33N3O4/c1-4-19-21(26-23(30)20(22(19)29)24(31)32)16-8-10-18(11-9-16)28-13-17-7-5-6-12-25(17,15-28)14-27(2)3/h8-11,17H,4-7,12-15H2,1-3H3,(H,31,32)(H2,26,29,30)/t17-,25+/m1/s1. The summed E-state index contributed by atoms with van der Waals surface area (Å²) in [5, 5.41) is 19.7. The molecule has 7 nitrogen and oxygen atoms in total. The lowest BCUT2D eigenvalue weighted by molar-refractivity contribution is 0.0691. The number of carbonyl (C=O) groups is 1. The van der Waals surface area contributed by atoms with Crippen LogP contribution in [0.4, 0.5) is 5.69 Å². The van der Waals surface area contributed by atoms with Crippen LogP contribution in [0.25, 0.3) is 11.3 Å². The van der Waals surface area contributed by atoms with E-state index in [9.17, 15) is 19.8 Å². The lowest BCUT2D eigenvalue weighted by Crippen LogP contribution is -2.42. The second kappa shape index (κ2) is 8.62. The molecule has 0 amide bonds. The summed E-state index contributed by atoms with van der Waals surface area (Å²) in [4.78, 5) is 31.1. The van der Waals surface area contributed by atoms with Gasteiger partial charge in [-0.1, -0.05) is 31.9 Å². The smallest absolute Gasteiger partial charge is 0.345 e.